The lowest BCUT2D eigenvalue weighted by Gasteiger charge is -2.01. The molecule has 0 amide bonds. The Kier molecular flexibility index (Phi) is 13.5. The second-order valence-corrected chi connectivity index (χ2v) is 5.48. The first-order valence-electron chi connectivity index (χ1n) is 7.77. The van der Waals surface area contributed by atoms with E-state index in [1.165, 1.54) is 64.2 Å². The zero-order valence-corrected chi connectivity index (χ0v) is 12.4. The molecule has 0 rings (SSSR count). The Morgan fingerprint density at radius 2 is 1.24 bits per heavy atom. The van der Waals surface area contributed by atoms with Crippen LogP contribution in [0.2, 0.25) is 0 Å². The highest BCUT2D eigenvalue weighted by atomic mass is 14.7. The van der Waals surface area contributed by atoms with Crippen molar-refractivity contribution in [3.05, 3.63) is 0 Å². The Hall–Kier alpha value is -0.330. The fourth-order valence-electron chi connectivity index (χ4n) is 1.98. The first-order chi connectivity index (χ1) is 8.27. The maximum Gasteiger partial charge on any atom is 0.0385 e. The number of hydrogen-bond acceptors (Lipinski definition) is 1. The lowest BCUT2D eigenvalue weighted by atomic mass is 10.1. The normalized spacial score (nSPS) is 11.8. The summed E-state index contributed by atoms with van der Waals surface area (Å²) in [5.74, 6) is 0.609. The van der Waals surface area contributed by atoms with Crippen LogP contribution >= 0.6 is 0 Å². The Balaban J connectivity index is 2.99. The molecule has 0 atom stereocenters. The molecule has 0 aromatic rings. The SMILES string of the molecule is CCCCCCCCCCCCN=CC(C)C. The van der Waals surface area contributed by atoms with Crippen LogP contribution in [0.1, 0.15) is 85.0 Å². The van der Waals surface area contributed by atoms with Crippen LogP contribution in [0.5, 0.6) is 0 Å². The maximum atomic E-state index is 4.41. The lowest BCUT2D eigenvalue weighted by molar-refractivity contribution is 0.558. The van der Waals surface area contributed by atoms with Gasteiger partial charge in [-0.3, -0.25) is 4.99 Å². The summed E-state index contributed by atoms with van der Waals surface area (Å²) < 4.78 is 0. The third-order valence-electron chi connectivity index (χ3n) is 3.04. The van der Waals surface area contributed by atoms with Crippen molar-refractivity contribution < 1.29 is 0 Å². The number of rotatable bonds is 12. The van der Waals surface area contributed by atoms with Gasteiger partial charge in [0.2, 0.25) is 0 Å². The quantitative estimate of drug-likeness (QED) is 0.309. The van der Waals surface area contributed by atoms with E-state index in [1.54, 1.807) is 0 Å². The summed E-state index contributed by atoms with van der Waals surface area (Å²) in [7, 11) is 0. The van der Waals surface area contributed by atoms with E-state index in [4.69, 9.17) is 0 Å². The number of unbranched alkanes of at least 4 members (excludes halogenated alkanes) is 9. The standard InChI is InChI=1S/C16H33N/c1-4-5-6-7-8-9-10-11-12-13-14-17-15-16(2)3/h15-16H,4-14H2,1-3H3. The van der Waals surface area contributed by atoms with E-state index in [0.29, 0.717) is 5.92 Å². The summed E-state index contributed by atoms with van der Waals surface area (Å²) in [6, 6.07) is 0. The van der Waals surface area contributed by atoms with Crippen LogP contribution in [0.4, 0.5) is 0 Å². The third-order valence-corrected chi connectivity index (χ3v) is 3.04. The highest BCUT2D eigenvalue weighted by Gasteiger charge is 1.92. The highest BCUT2D eigenvalue weighted by Crippen LogP contribution is 2.10. The minimum absolute atomic E-state index is 0.609. The minimum Gasteiger partial charge on any atom is -0.297 e. The second-order valence-electron chi connectivity index (χ2n) is 5.48. The summed E-state index contributed by atoms with van der Waals surface area (Å²) in [5, 5.41) is 0. The molecule has 0 bridgehead atoms. The Bertz CT molecular complexity index is 161. The molecule has 0 radical (unpaired) electrons. The van der Waals surface area contributed by atoms with Crippen molar-refractivity contribution in [2.24, 2.45) is 10.9 Å². The van der Waals surface area contributed by atoms with Crippen LogP contribution in [-0.4, -0.2) is 12.8 Å². The Labute approximate surface area is 109 Å². The molecule has 0 aliphatic carbocycles. The molecule has 0 spiro atoms. The van der Waals surface area contributed by atoms with Crippen molar-refractivity contribution >= 4 is 6.21 Å². The smallest absolute Gasteiger partial charge is 0.0385 e. The van der Waals surface area contributed by atoms with E-state index in [1.807, 2.05) is 0 Å². The van der Waals surface area contributed by atoms with Crippen LogP contribution in [0.25, 0.3) is 0 Å². The molecule has 0 heterocycles. The van der Waals surface area contributed by atoms with E-state index in [9.17, 15) is 0 Å². The molecule has 0 saturated heterocycles. The molecule has 0 aliphatic heterocycles. The van der Waals surface area contributed by atoms with Gasteiger partial charge in [-0.1, -0.05) is 78.6 Å². The van der Waals surface area contributed by atoms with Crippen LogP contribution in [0.15, 0.2) is 4.99 Å². The van der Waals surface area contributed by atoms with E-state index >= 15 is 0 Å². The summed E-state index contributed by atoms with van der Waals surface area (Å²) in [6.07, 6.45) is 16.1. The number of hydrogen-bond donors (Lipinski definition) is 0. The minimum atomic E-state index is 0.609. The van der Waals surface area contributed by atoms with Crippen molar-refractivity contribution in [1.82, 2.24) is 0 Å². The number of aliphatic imine (C=N–C) groups is 1. The van der Waals surface area contributed by atoms with E-state index < -0.39 is 0 Å². The predicted octanol–water partition coefficient (Wildman–Crippen LogP) is 5.63. The van der Waals surface area contributed by atoms with E-state index in [0.717, 1.165) is 6.54 Å². The van der Waals surface area contributed by atoms with Crippen LogP contribution in [0.3, 0.4) is 0 Å². The lowest BCUT2D eigenvalue weighted by Crippen LogP contribution is -1.90. The van der Waals surface area contributed by atoms with Gasteiger partial charge < -0.3 is 0 Å². The van der Waals surface area contributed by atoms with Crippen LogP contribution < -0.4 is 0 Å². The molecule has 0 aromatic carbocycles. The molecule has 0 saturated carbocycles. The Morgan fingerprint density at radius 3 is 1.71 bits per heavy atom. The maximum absolute atomic E-state index is 4.41. The molecule has 1 nitrogen and oxygen atoms in total. The molecule has 102 valence electrons. The highest BCUT2D eigenvalue weighted by molar-refractivity contribution is 5.59. The van der Waals surface area contributed by atoms with Gasteiger partial charge in [0.1, 0.15) is 0 Å². The molecule has 0 fully saturated rings. The van der Waals surface area contributed by atoms with Gasteiger partial charge in [-0.15, -0.1) is 0 Å². The molecule has 17 heavy (non-hydrogen) atoms. The molecule has 0 aliphatic rings. The molecule has 0 N–H and O–H groups in total. The van der Waals surface area contributed by atoms with Gasteiger partial charge in [-0.05, 0) is 12.3 Å². The number of nitrogens with zero attached hydrogens (tertiary/aromatic N) is 1. The fraction of sp³-hybridized carbons (Fsp3) is 0.938. The summed E-state index contributed by atoms with van der Waals surface area (Å²) in [6.45, 7) is 7.68. The zero-order chi connectivity index (χ0) is 12.8. The van der Waals surface area contributed by atoms with Gasteiger partial charge in [0, 0.05) is 12.8 Å². The van der Waals surface area contributed by atoms with Gasteiger partial charge in [-0.25, -0.2) is 0 Å². The van der Waals surface area contributed by atoms with Gasteiger partial charge >= 0.3 is 0 Å². The van der Waals surface area contributed by atoms with Gasteiger partial charge in [0.25, 0.3) is 0 Å². The average Bonchev–Trinajstić information content (AvgIpc) is 2.30. The van der Waals surface area contributed by atoms with Gasteiger partial charge in [0.15, 0.2) is 0 Å². The van der Waals surface area contributed by atoms with Crippen LogP contribution in [0, 0.1) is 5.92 Å². The summed E-state index contributed by atoms with van der Waals surface area (Å²) in [4.78, 5) is 4.41. The van der Waals surface area contributed by atoms with Crippen molar-refractivity contribution in [2.75, 3.05) is 6.54 Å². The average molecular weight is 239 g/mol. The fourth-order valence-corrected chi connectivity index (χ4v) is 1.98. The van der Waals surface area contributed by atoms with E-state index in [-0.39, 0.29) is 0 Å². The summed E-state index contributed by atoms with van der Waals surface area (Å²) in [5.41, 5.74) is 0. The van der Waals surface area contributed by atoms with Gasteiger partial charge in [0.05, 0.1) is 0 Å². The topological polar surface area (TPSA) is 12.4 Å². The van der Waals surface area contributed by atoms with E-state index in [2.05, 4.69) is 32.0 Å². The van der Waals surface area contributed by atoms with Crippen molar-refractivity contribution in [3.8, 4) is 0 Å². The van der Waals surface area contributed by atoms with Gasteiger partial charge in [-0.2, -0.15) is 0 Å². The molecule has 0 unspecified atom stereocenters. The predicted molar refractivity (Wildman–Crippen MR) is 80.0 cm³/mol. The zero-order valence-electron chi connectivity index (χ0n) is 12.4. The molecule has 1 heteroatoms. The molecular weight excluding hydrogens is 206 g/mol. The molecular formula is C16H33N. The van der Waals surface area contributed by atoms with Crippen molar-refractivity contribution in [3.63, 3.8) is 0 Å². The summed E-state index contributed by atoms with van der Waals surface area (Å²) >= 11 is 0. The third kappa shape index (κ3) is 15.7. The Morgan fingerprint density at radius 1 is 0.765 bits per heavy atom. The molecule has 0 aromatic heterocycles. The van der Waals surface area contributed by atoms with Crippen molar-refractivity contribution in [2.45, 2.75) is 85.0 Å². The second kappa shape index (κ2) is 13.7. The largest absolute Gasteiger partial charge is 0.297 e. The van der Waals surface area contributed by atoms with Crippen LogP contribution in [-0.2, 0) is 0 Å². The van der Waals surface area contributed by atoms with Crippen molar-refractivity contribution in [1.29, 1.82) is 0 Å². The first-order valence-corrected chi connectivity index (χ1v) is 7.77. The first kappa shape index (κ1) is 16.7. The monoisotopic (exact) mass is 239 g/mol.